The molecule has 0 atom stereocenters. The van der Waals surface area contributed by atoms with Gasteiger partial charge >= 0.3 is 0 Å². The van der Waals surface area contributed by atoms with Crippen molar-refractivity contribution in [3.8, 4) is 0 Å². The van der Waals surface area contributed by atoms with E-state index in [1.54, 1.807) is 7.05 Å². The van der Waals surface area contributed by atoms with E-state index in [2.05, 4.69) is 5.32 Å². The first-order chi connectivity index (χ1) is 7.82. The summed E-state index contributed by atoms with van der Waals surface area (Å²) < 4.78 is 26.3. The topological polar surface area (TPSA) is 49.4 Å². The minimum absolute atomic E-state index is 0.0401. The average molecular weight is 276 g/mol. The Morgan fingerprint density at radius 1 is 1.47 bits per heavy atom. The van der Waals surface area contributed by atoms with E-state index in [4.69, 9.17) is 0 Å². The van der Waals surface area contributed by atoms with Crippen LogP contribution in [0.3, 0.4) is 0 Å². The minimum Gasteiger partial charge on any atom is -0.315 e. The predicted molar refractivity (Wildman–Crippen MR) is 71.9 cm³/mol. The molecule has 0 amide bonds. The summed E-state index contributed by atoms with van der Waals surface area (Å²) in [5.41, 5.74) is 0.827. The molecular weight excluding hydrogens is 256 g/mol. The van der Waals surface area contributed by atoms with E-state index < -0.39 is 10.0 Å². The Morgan fingerprint density at radius 2 is 2.06 bits per heavy atom. The van der Waals surface area contributed by atoms with Crippen LogP contribution in [-0.2, 0) is 16.6 Å². The lowest BCUT2D eigenvalue weighted by Crippen LogP contribution is -2.33. The Kier molecular flexibility index (Phi) is 4.71. The average Bonchev–Trinajstić information content (AvgIpc) is 2.59. The van der Waals surface area contributed by atoms with Crippen molar-refractivity contribution in [2.45, 2.75) is 38.3 Å². The van der Waals surface area contributed by atoms with Gasteiger partial charge in [0.1, 0.15) is 4.90 Å². The van der Waals surface area contributed by atoms with E-state index in [0.717, 1.165) is 10.4 Å². The molecule has 0 saturated heterocycles. The number of rotatable bonds is 5. The molecule has 0 aliphatic carbocycles. The summed E-state index contributed by atoms with van der Waals surface area (Å²) in [4.78, 5) is 1.34. The van der Waals surface area contributed by atoms with Crippen LogP contribution in [-0.4, -0.2) is 32.9 Å². The molecule has 0 aliphatic heterocycles. The first kappa shape index (κ1) is 14.6. The number of thiophene rings is 1. The van der Waals surface area contributed by atoms with Crippen molar-refractivity contribution in [1.29, 1.82) is 0 Å². The van der Waals surface area contributed by atoms with Crippen LogP contribution in [0, 0.1) is 6.92 Å². The molecule has 0 saturated carbocycles. The van der Waals surface area contributed by atoms with Crippen LogP contribution >= 0.6 is 11.3 Å². The minimum atomic E-state index is -3.37. The highest BCUT2D eigenvalue weighted by molar-refractivity contribution is 7.89. The van der Waals surface area contributed by atoms with Crippen molar-refractivity contribution in [3.05, 3.63) is 15.8 Å². The number of sulfonamides is 1. The van der Waals surface area contributed by atoms with Crippen LogP contribution in [0.15, 0.2) is 10.3 Å². The van der Waals surface area contributed by atoms with Gasteiger partial charge in [0.2, 0.25) is 10.0 Å². The van der Waals surface area contributed by atoms with Crippen LogP contribution in [0.25, 0.3) is 0 Å². The predicted octanol–water partition coefficient (Wildman–Crippen LogP) is 1.80. The molecule has 0 spiro atoms. The second-order valence-corrected chi connectivity index (χ2v) is 7.21. The van der Waals surface area contributed by atoms with E-state index in [9.17, 15) is 8.42 Å². The van der Waals surface area contributed by atoms with E-state index in [1.165, 1.54) is 15.6 Å². The van der Waals surface area contributed by atoms with Gasteiger partial charge in [0.05, 0.1) is 0 Å². The van der Waals surface area contributed by atoms with Gasteiger partial charge in [-0.25, -0.2) is 8.42 Å². The van der Waals surface area contributed by atoms with E-state index in [-0.39, 0.29) is 6.04 Å². The second-order valence-electron chi connectivity index (χ2n) is 4.32. The van der Waals surface area contributed by atoms with Crippen molar-refractivity contribution >= 4 is 21.4 Å². The number of hydrogen-bond acceptors (Lipinski definition) is 4. The lowest BCUT2D eigenvalue weighted by Gasteiger charge is -2.21. The first-order valence-corrected chi connectivity index (χ1v) is 7.84. The summed E-state index contributed by atoms with van der Waals surface area (Å²) in [5.74, 6) is 0. The summed E-state index contributed by atoms with van der Waals surface area (Å²) in [6.07, 6.45) is 0. The maximum absolute atomic E-state index is 12.5. The second kappa shape index (κ2) is 5.48. The van der Waals surface area contributed by atoms with Gasteiger partial charge < -0.3 is 5.32 Å². The Labute approximate surface area is 108 Å². The van der Waals surface area contributed by atoms with Crippen LogP contribution in [0.1, 0.15) is 24.3 Å². The number of hydrogen-bond donors (Lipinski definition) is 1. The molecule has 0 radical (unpaired) electrons. The SMILES string of the molecule is CNCc1scc(C)c1S(=O)(=O)N(C)C(C)C. The Balaban J connectivity index is 3.27. The fourth-order valence-corrected chi connectivity index (χ4v) is 4.67. The van der Waals surface area contributed by atoms with Crippen LogP contribution in [0.5, 0.6) is 0 Å². The van der Waals surface area contributed by atoms with Crippen molar-refractivity contribution in [3.63, 3.8) is 0 Å². The quantitative estimate of drug-likeness (QED) is 0.892. The highest BCUT2D eigenvalue weighted by Gasteiger charge is 2.28. The normalized spacial score (nSPS) is 12.6. The van der Waals surface area contributed by atoms with Crippen molar-refractivity contribution in [2.75, 3.05) is 14.1 Å². The third kappa shape index (κ3) is 2.88. The van der Waals surface area contributed by atoms with Crippen molar-refractivity contribution in [2.24, 2.45) is 0 Å². The molecule has 98 valence electrons. The van der Waals surface area contributed by atoms with E-state index in [0.29, 0.717) is 11.4 Å². The van der Waals surface area contributed by atoms with Crippen LogP contribution in [0.2, 0.25) is 0 Å². The van der Waals surface area contributed by atoms with Gasteiger partial charge in [-0.2, -0.15) is 4.31 Å². The third-order valence-electron chi connectivity index (χ3n) is 2.69. The van der Waals surface area contributed by atoms with E-state index >= 15 is 0 Å². The molecule has 1 aromatic rings. The third-order valence-corrected chi connectivity index (χ3v) is 6.19. The lowest BCUT2D eigenvalue weighted by molar-refractivity contribution is 0.410. The molecule has 0 fully saturated rings. The van der Waals surface area contributed by atoms with Crippen LogP contribution in [0.4, 0.5) is 0 Å². The molecule has 1 heterocycles. The molecule has 6 heteroatoms. The molecule has 1 aromatic heterocycles. The number of aryl methyl sites for hydroxylation is 1. The molecule has 1 rings (SSSR count). The molecular formula is C11H20N2O2S2. The highest BCUT2D eigenvalue weighted by atomic mass is 32.2. The number of nitrogens with one attached hydrogen (secondary N) is 1. The first-order valence-electron chi connectivity index (χ1n) is 5.52. The van der Waals surface area contributed by atoms with Gasteiger partial charge in [0.25, 0.3) is 0 Å². The van der Waals surface area contributed by atoms with E-state index in [1.807, 2.05) is 33.2 Å². The number of nitrogens with zero attached hydrogens (tertiary/aromatic N) is 1. The maximum atomic E-state index is 12.5. The molecule has 4 nitrogen and oxygen atoms in total. The monoisotopic (exact) mass is 276 g/mol. The Hall–Kier alpha value is -0.430. The molecule has 0 aliphatic rings. The molecule has 0 unspecified atom stereocenters. The van der Waals surface area contributed by atoms with Gasteiger partial charge in [-0.3, -0.25) is 0 Å². The fraction of sp³-hybridized carbons (Fsp3) is 0.636. The summed E-state index contributed by atoms with van der Waals surface area (Å²) >= 11 is 1.49. The largest absolute Gasteiger partial charge is 0.315 e. The standard InChI is InChI=1S/C11H20N2O2S2/c1-8(2)13(5)17(14,15)11-9(3)7-16-10(11)6-12-4/h7-8,12H,6H2,1-5H3. The smallest absolute Gasteiger partial charge is 0.244 e. The summed E-state index contributed by atoms with van der Waals surface area (Å²) in [6.45, 7) is 6.17. The zero-order chi connectivity index (χ0) is 13.2. The van der Waals surface area contributed by atoms with Gasteiger partial charge in [-0.15, -0.1) is 11.3 Å². The fourth-order valence-electron chi connectivity index (χ4n) is 1.54. The Morgan fingerprint density at radius 3 is 2.53 bits per heavy atom. The summed E-state index contributed by atoms with van der Waals surface area (Å²) in [6, 6.07) is -0.0401. The van der Waals surface area contributed by atoms with Gasteiger partial charge in [-0.1, -0.05) is 0 Å². The van der Waals surface area contributed by atoms with Crippen molar-refractivity contribution < 1.29 is 8.42 Å². The maximum Gasteiger partial charge on any atom is 0.244 e. The van der Waals surface area contributed by atoms with Gasteiger partial charge in [0, 0.05) is 24.5 Å². The van der Waals surface area contributed by atoms with Gasteiger partial charge in [0.15, 0.2) is 0 Å². The molecule has 0 aromatic carbocycles. The molecule has 0 bridgehead atoms. The summed E-state index contributed by atoms with van der Waals surface area (Å²) in [7, 11) is 0.0677. The van der Waals surface area contributed by atoms with Gasteiger partial charge in [-0.05, 0) is 38.8 Å². The molecule has 17 heavy (non-hydrogen) atoms. The Bertz CT molecular complexity index is 478. The highest BCUT2D eigenvalue weighted by Crippen LogP contribution is 2.29. The zero-order valence-corrected chi connectivity index (χ0v) is 12.6. The van der Waals surface area contributed by atoms with Crippen LogP contribution < -0.4 is 5.32 Å². The van der Waals surface area contributed by atoms with Crippen molar-refractivity contribution in [1.82, 2.24) is 9.62 Å². The zero-order valence-electron chi connectivity index (χ0n) is 10.9. The summed E-state index contributed by atoms with van der Waals surface area (Å²) in [5, 5.41) is 4.90. The molecule has 1 N–H and O–H groups in total. The lowest BCUT2D eigenvalue weighted by atomic mass is 10.3.